The molecule has 2 rings (SSSR count). The number of nitrogens with one attached hydrogen (secondary N) is 2. The highest BCUT2D eigenvalue weighted by atomic mass is 79.9. The molecule has 0 aromatic heterocycles. The summed E-state index contributed by atoms with van der Waals surface area (Å²) < 4.78 is 11.7. The number of hydrogen-bond acceptors (Lipinski definition) is 4. The Labute approximate surface area is 173 Å². The third-order valence-corrected chi connectivity index (χ3v) is 4.62. The Bertz CT molecular complexity index is 824. The van der Waals surface area contributed by atoms with E-state index < -0.39 is 11.8 Å². The number of carbonyl (C=O) groups is 2. The number of ether oxygens (including phenoxy) is 2. The zero-order valence-electron chi connectivity index (χ0n) is 16.3. The maximum Gasteiger partial charge on any atom is 0.276 e. The van der Waals surface area contributed by atoms with Crippen molar-refractivity contribution in [2.24, 2.45) is 0 Å². The third-order valence-electron chi connectivity index (χ3n) is 4.00. The number of hydrazine groups is 1. The quantitative estimate of drug-likeness (QED) is 0.602. The SMILES string of the molecule is CCc1cccc(OCC(=O)NNC(=O)COc2ccc(C(C)C)cc2Br)c1. The van der Waals surface area contributed by atoms with Gasteiger partial charge in [-0.3, -0.25) is 20.4 Å². The van der Waals surface area contributed by atoms with Crippen molar-refractivity contribution in [3.05, 3.63) is 58.1 Å². The summed E-state index contributed by atoms with van der Waals surface area (Å²) in [7, 11) is 0. The highest BCUT2D eigenvalue weighted by Gasteiger charge is 2.09. The van der Waals surface area contributed by atoms with E-state index in [0.717, 1.165) is 16.5 Å². The van der Waals surface area contributed by atoms with Crippen LogP contribution in [0.5, 0.6) is 11.5 Å². The van der Waals surface area contributed by atoms with Crippen molar-refractivity contribution in [2.75, 3.05) is 13.2 Å². The predicted octanol–water partition coefficient (Wildman–Crippen LogP) is 3.74. The Balaban J connectivity index is 1.72. The lowest BCUT2D eigenvalue weighted by Crippen LogP contribution is -2.45. The molecule has 0 bridgehead atoms. The minimum absolute atomic E-state index is 0.198. The number of benzene rings is 2. The molecule has 0 fully saturated rings. The van der Waals surface area contributed by atoms with Gasteiger partial charge in [-0.05, 0) is 63.7 Å². The molecule has 28 heavy (non-hydrogen) atoms. The molecule has 0 heterocycles. The zero-order valence-corrected chi connectivity index (χ0v) is 17.8. The van der Waals surface area contributed by atoms with Crippen molar-refractivity contribution in [2.45, 2.75) is 33.1 Å². The summed E-state index contributed by atoms with van der Waals surface area (Å²) in [6, 6.07) is 13.2. The molecular weight excluding hydrogens is 424 g/mol. The molecule has 0 aliphatic rings. The molecule has 2 aromatic carbocycles. The Morgan fingerprint density at radius 3 is 2.29 bits per heavy atom. The van der Waals surface area contributed by atoms with E-state index in [1.807, 2.05) is 43.3 Å². The van der Waals surface area contributed by atoms with Gasteiger partial charge in [0.1, 0.15) is 11.5 Å². The lowest BCUT2D eigenvalue weighted by Gasteiger charge is -2.12. The maximum atomic E-state index is 11.9. The second-order valence-corrected chi connectivity index (χ2v) is 7.37. The average molecular weight is 449 g/mol. The Morgan fingerprint density at radius 1 is 1.00 bits per heavy atom. The first-order valence-corrected chi connectivity index (χ1v) is 9.90. The summed E-state index contributed by atoms with van der Waals surface area (Å²) in [5, 5.41) is 0. The number of rotatable bonds is 8. The normalized spacial score (nSPS) is 10.5. The Morgan fingerprint density at radius 2 is 1.68 bits per heavy atom. The molecule has 0 spiro atoms. The molecule has 150 valence electrons. The van der Waals surface area contributed by atoms with Crippen LogP contribution >= 0.6 is 15.9 Å². The van der Waals surface area contributed by atoms with Gasteiger partial charge < -0.3 is 9.47 Å². The summed E-state index contributed by atoms with van der Waals surface area (Å²) in [4.78, 5) is 23.7. The molecule has 2 amide bonds. The van der Waals surface area contributed by atoms with Gasteiger partial charge >= 0.3 is 0 Å². The first-order chi connectivity index (χ1) is 13.4. The van der Waals surface area contributed by atoms with Gasteiger partial charge in [-0.1, -0.05) is 39.0 Å². The first-order valence-electron chi connectivity index (χ1n) is 9.10. The second-order valence-electron chi connectivity index (χ2n) is 6.52. The highest BCUT2D eigenvalue weighted by Crippen LogP contribution is 2.28. The average Bonchev–Trinajstić information content (AvgIpc) is 2.69. The van der Waals surface area contributed by atoms with Gasteiger partial charge in [-0.25, -0.2) is 0 Å². The minimum Gasteiger partial charge on any atom is -0.484 e. The largest absolute Gasteiger partial charge is 0.484 e. The molecule has 0 aliphatic carbocycles. The zero-order chi connectivity index (χ0) is 20.5. The lowest BCUT2D eigenvalue weighted by atomic mass is 10.0. The highest BCUT2D eigenvalue weighted by molar-refractivity contribution is 9.10. The van der Waals surface area contributed by atoms with Crippen LogP contribution in [0, 0.1) is 0 Å². The number of halogens is 1. The number of hydrogen-bond donors (Lipinski definition) is 2. The van der Waals surface area contributed by atoms with E-state index in [0.29, 0.717) is 17.4 Å². The maximum absolute atomic E-state index is 11.9. The van der Waals surface area contributed by atoms with E-state index in [-0.39, 0.29) is 13.2 Å². The van der Waals surface area contributed by atoms with E-state index in [4.69, 9.17) is 9.47 Å². The molecule has 2 aromatic rings. The smallest absolute Gasteiger partial charge is 0.276 e. The third kappa shape index (κ3) is 6.88. The van der Waals surface area contributed by atoms with Gasteiger partial charge in [0, 0.05) is 0 Å². The van der Waals surface area contributed by atoms with Crippen molar-refractivity contribution >= 4 is 27.7 Å². The molecule has 2 N–H and O–H groups in total. The topological polar surface area (TPSA) is 76.7 Å². The molecule has 0 unspecified atom stereocenters. The van der Waals surface area contributed by atoms with Crippen LogP contribution in [0.15, 0.2) is 46.9 Å². The minimum atomic E-state index is -0.471. The van der Waals surface area contributed by atoms with Crippen molar-refractivity contribution in [3.8, 4) is 11.5 Å². The van der Waals surface area contributed by atoms with Crippen LogP contribution in [-0.2, 0) is 16.0 Å². The molecule has 0 atom stereocenters. The lowest BCUT2D eigenvalue weighted by molar-refractivity contribution is -0.131. The van der Waals surface area contributed by atoms with Crippen LogP contribution in [0.2, 0.25) is 0 Å². The fourth-order valence-electron chi connectivity index (χ4n) is 2.35. The number of amides is 2. The van der Waals surface area contributed by atoms with Crippen molar-refractivity contribution in [1.82, 2.24) is 10.9 Å². The van der Waals surface area contributed by atoms with E-state index in [9.17, 15) is 9.59 Å². The summed E-state index contributed by atoms with van der Waals surface area (Å²) in [6.07, 6.45) is 0.885. The van der Waals surface area contributed by atoms with Crippen molar-refractivity contribution < 1.29 is 19.1 Å². The van der Waals surface area contributed by atoms with Gasteiger partial charge in [0.15, 0.2) is 13.2 Å². The van der Waals surface area contributed by atoms with E-state index in [1.54, 1.807) is 6.07 Å². The fourth-order valence-corrected chi connectivity index (χ4v) is 2.86. The molecule has 0 saturated carbocycles. The van der Waals surface area contributed by atoms with Gasteiger partial charge in [-0.15, -0.1) is 0 Å². The van der Waals surface area contributed by atoms with Gasteiger partial charge in [0.25, 0.3) is 11.8 Å². The monoisotopic (exact) mass is 448 g/mol. The van der Waals surface area contributed by atoms with Gasteiger partial charge in [-0.2, -0.15) is 0 Å². The van der Waals surface area contributed by atoms with Crippen LogP contribution in [0.25, 0.3) is 0 Å². The Hall–Kier alpha value is -2.54. The molecule has 6 nitrogen and oxygen atoms in total. The van der Waals surface area contributed by atoms with Crippen LogP contribution < -0.4 is 20.3 Å². The first kappa shape index (κ1) is 21.8. The van der Waals surface area contributed by atoms with Gasteiger partial charge in [0.2, 0.25) is 0 Å². The van der Waals surface area contributed by atoms with E-state index in [1.165, 1.54) is 5.56 Å². The molecule has 0 radical (unpaired) electrons. The fraction of sp³-hybridized carbons (Fsp3) is 0.333. The number of aryl methyl sites for hydroxylation is 1. The summed E-state index contributed by atoms with van der Waals surface area (Å²) in [5.41, 5.74) is 6.89. The summed E-state index contributed by atoms with van der Waals surface area (Å²) in [5.74, 6) is 0.637. The molecular formula is C21H25BrN2O4. The summed E-state index contributed by atoms with van der Waals surface area (Å²) >= 11 is 3.44. The standard InChI is InChI=1S/C21H25BrN2O4/c1-4-15-6-5-7-17(10-15)27-12-20(25)23-24-21(26)13-28-19-9-8-16(14(2)3)11-18(19)22/h5-11,14H,4,12-13H2,1-3H3,(H,23,25)(H,24,26). The van der Waals surface area contributed by atoms with Crippen molar-refractivity contribution in [1.29, 1.82) is 0 Å². The van der Waals surface area contributed by atoms with Crippen LogP contribution in [0.4, 0.5) is 0 Å². The van der Waals surface area contributed by atoms with Crippen LogP contribution in [0.3, 0.4) is 0 Å². The molecule has 0 saturated heterocycles. The van der Waals surface area contributed by atoms with Gasteiger partial charge in [0.05, 0.1) is 4.47 Å². The van der Waals surface area contributed by atoms with Crippen molar-refractivity contribution in [3.63, 3.8) is 0 Å². The predicted molar refractivity (Wildman–Crippen MR) is 111 cm³/mol. The Kier molecular flexibility index (Phi) is 8.32. The molecule has 7 heteroatoms. The second kappa shape index (κ2) is 10.7. The number of carbonyl (C=O) groups excluding carboxylic acids is 2. The van der Waals surface area contributed by atoms with E-state index in [2.05, 4.69) is 40.6 Å². The van der Waals surface area contributed by atoms with Crippen LogP contribution in [0.1, 0.15) is 37.8 Å². The summed E-state index contributed by atoms with van der Waals surface area (Å²) in [6.45, 7) is 5.82. The van der Waals surface area contributed by atoms with Crippen LogP contribution in [-0.4, -0.2) is 25.0 Å². The molecule has 0 aliphatic heterocycles. The van der Waals surface area contributed by atoms with E-state index >= 15 is 0 Å².